The number of hydrogen-bond acceptors (Lipinski definition) is 3. The van der Waals surface area contributed by atoms with Crippen LogP contribution in [0.5, 0.6) is 0 Å². The van der Waals surface area contributed by atoms with Crippen molar-refractivity contribution < 1.29 is 4.79 Å². The fraction of sp³-hybridized carbons (Fsp3) is 0.900. The lowest BCUT2D eigenvalue weighted by molar-refractivity contribution is -0.132. The summed E-state index contributed by atoms with van der Waals surface area (Å²) < 4.78 is 0. The highest BCUT2D eigenvalue weighted by atomic mass is 32.2. The van der Waals surface area contributed by atoms with Gasteiger partial charge in [0, 0.05) is 24.7 Å². The first kappa shape index (κ1) is 11.9. The fourth-order valence-electron chi connectivity index (χ4n) is 1.55. The van der Waals surface area contributed by atoms with Gasteiger partial charge >= 0.3 is 0 Å². The Balaban J connectivity index is 2.37. The van der Waals surface area contributed by atoms with Gasteiger partial charge in [-0.05, 0) is 13.3 Å². The maximum Gasteiger partial charge on any atom is 0.240 e. The van der Waals surface area contributed by atoms with Gasteiger partial charge in [0.2, 0.25) is 5.91 Å². The number of thioether (sulfide) groups is 1. The Hall–Kier alpha value is -0.220. The molecule has 1 aliphatic rings. The molecule has 0 bridgehead atoms. The number of nitrogens with zero attached hydrogens (tertiary/aromatic N) is 1. The van der Waals surface area contributed by atoms with Crippen molar-refractivity contribution in [1.82, 2.24) is 10.2 Å². The van der Waals surface area contributed by atoms with Crippen LogP contribution in [0.15, 0.2) is 0 Å². The number of hydrogen-bond donors (Lipinski definition) is 1. The van der Waals surface area contributed by atoms with E-state index in [0.29, 0.717) is 0 Å². The molecule has 1 N–H and O–H groups in total. The van der Waals surface area contributed by atoms with Gasteiger partial charge in [-0.3, -0.25) is 10.1 Å². The highest BCUT2D eigenvalue weighted by Crippen LogP contribution is 2.12. The third kappa shape index (κ3) is 3.17. The predicted molar refractivity (Wildman–Crippen MR) is 61.4 cm³/mol. The third-order valence-corrected chi connectivity index (χ3v) is 3.43. The minimum Gasteiger partial charge on any atom is -0.342 e. The Labute approximate surface area is 90.6 Å². The molecule has 0 aromatic rings. The highest BCUT2D eigenvalue weighted by Gasteiger charge is 2.25. The van der Waals surface area contributed by atoms with E-state index in [9.17, 15) is 4.79 Å². The van der Waals surface area contributed by atoms with E-state index in [1.807, 2.05) is 4.90 Å². The average molecular weight is 216 g/mol. The maximum atomic E-state index is 11.9. The summed E-state index contributed by atoms with van der Waals surface area (Å²) >= 11 is 1.80. The van der Waals surface area contributed by atoms with E-state index in [0.717, 1.165) is 37.6 Å². The second kappa shape index (κ2) is 6.30. The van der Waals surface area contributed by atoms with Gasteiger partial charge in [-0.15, -0.1) is 11.8 Å². The van der Waals surface area contributed by atoms with E-state index < -0.39 is 0 Å². The number of carbonyl (C=O) groups is 1. The quantitative estimate of drug-likeness (QED) is 0.752. The van der Waals surface area contributed by atoms with Crippen molar-refractivity contribution in [3.8, 4) is 0 Å². The molecule has 1 amide bonds. The number of amides is 1. The molecule has 82 valence electrons. The Morgan fingerprint density at radius 2 is 2.36 bits per heavy atom. The van der Waals surface area contributed by atoms with E-state index in [1.54, 1.807) is 11.8 Å². The first-order valence-electron chi connectivity index (χ1n) is 5.39. The smallest absolute Gasteiger partial charge is 0.240 e. The Morgan fingerprint density at radius 3 is 2.86 bits per heavy atom. The lowest BCUT2D eigenvalue weighted by atomic mass is 10.2. The molecule has 1 rings (SSSR count). The van der Waals surface area contributed by atoms with Crippen molar-refractivity contribution in [3.05, 3.63) is 0 Å². The van der Waals surface area contributed by atoms with Crippen LogP contribution < -0.4 is 5.32 Å². The maximum absolute atomic E-state index is 11.9. The SMILES string of the molecule is CCCCN(CC)C(=O)C1CSCN1. The molecular formula is C10H20N2OS. The van der Waals surface area contributed by atoms with Crippen molar-refractivity contribution in [1.29, 1.82) is 0 Å². The van der Waals surface area contributed by atoms with E-state index in [4.69, 9.17) is 0 Å². The topological polar surface area (TPSA) is 32.3 Å². The number of rotatable bonds is 5. The zero-order valence-electron chi connectivity index (χ0n) is 9.08. The van der Waals surface area contributed by atoms with Gasteiger partial charge in [0.1, 0.15) is 0 Å². The number of carbonyl (C=O) groups excluding carboxylic acids is 1. The van der Waals surface area contributed by atoms with Crippen LogP contribution in [0.25, 0.3) is 0 Å². The van der Waals surface area contributed by atoms with Gasteiger partial charge in [0.05, 0.1) is 6.04 Å². The Kier molecular flexibility index (Phi) is 5.33. The zero-order chi connectivity index (χ0) is 10.4. The third-order valence-electron chi connectivity index (χ3n) is 2.49. The van der Waals surface area contributed by atoms with Crippen LogP contribution in [0.4, 0.5) is 0 Å². The molecule has 1 fully saturated rings. The van der Waals surface area contributed by atoms with E-state index >= 15 is 0 Å². The highest BCUT2D eigenvalue weighted by molar-refractivity contribution is 7.99. The van der Waals surface area contributed by atoms with Crippen LogP contribution in [-0.2, 0) is 4.79 Å². The van der Waals surface area contributed by atoms with E-state index in [-0.39, 0.29) is 11.9 Å². The monoisotopic (exact) mass is 216 g/mol. The normalized spacial score (nSPS) is 21.1. The van der Waals surface area contributed by atoms with Gasteiger partial charge in [0.15, 0.2) is 0 Å². The van der Waals surface area contributed by atoms with Crippen molar-refractivity contribution in [2.75, 3.05) is 24.7 Å². The zero-order valence-corrected chi connectivity index (χ0v) is 9.90. The molecule has 4 heteroatoms. The second-order valence-corrected chi connectivity index (χ2v) is 4.57. The molecular weight excluding hydrogens is 196 g/mol. The molecule has 0 spiro atoms. The fourth-order valence-corrected chi connectivity index (χ4v) is 2.48. The number of nitrogens with one attached hydrogen (secondary N) is 1. The van der Waals surface area contributed by atoms with Crippen molar-refractivity contribution >= 4 is 17.7 Å². The molecule has 1 unspecified atom stereocenters. The summed E-state index contributed by atoms with van der Waals surface area (Å²) in [5.41, 5.74) is 0. The molecule has 3 nitrogen and oxygen atoms in total. The molecule has 0 saturated carbocycles. The second-order valence-electron chi connectivity index (χ2n) is 3.54. The number of unbranched alkanes of at least 4 members (excludes halogenated alkanes) is 1. The minimum atomic E-state index is 0.0665. The largest absolute Gasteiger partial charge is 0.342 e. The minimum absolute atomic E-state index is 0.0665. The predicted octanol–water partition coefficient (Wildman–Crippen LogP) is 1.30. The summed E-state index contributed by atoms with van der Waals surface area (Å²) in [4.78, 5) is 13.9. The Morgan fingerprint density at radius 1 is 1.57 bits per heavy atom. The summed E-state index contributed by atoms with van der Waals surface area (Å²) in [6, 6.07) is 0.0665. The van der Waals surface area contributed by atoms with Crippen molar-refractivity contribution in [3.63, 3.8) is 0 Å². The molecule has 1 saturated heterocycles. The summed E-state index contributed by atoms with van der Waals surface area (Å²) in [6.45, 7) is 5.95. The number of likely N-dealkylation sites (N-methyl/N-ethyl adjacent to an activating group) is 1. The van der Waals surface area contributed by atoms with Gasteiger partial charge in [-0.1, -0.05) is 13.3 Å². The van der Waals surface area contributed by atoms with Crippen LogP contribution in [0.2, 0.25) is 0 Å². The van der Waals surface area contributed by atoms with Crippen molar-refractivity contribution in [2.45, 2.75) is 32.7 Å². The first-order chi connectivity index (χ1) is 6.79. The lowest BCUT2D eigenvalue weighted by Crippen LogP contribution is -2.45. The molecule has 0 aliphatic carbocycles. The average Bonchev–Trinajstić information content (AvgIpc) is 2.71. The molecule has 0 aromatic carbocycles. The van der Waals surface area contributed by atoms with E-state index in [1.165, 1.54) is 0 Å². The molecule has 0 aromatic heterocycles. The van der Waals surface area contributed by atoms with Crippen LogP contribution >= 0.6 is 11.8 Å². The summed E-state index contributed by atoms with van der Waals surface area (Å²) in [5, 5.41) is 3.22. The van der Waals surface area contributed by atoms with Crippen molar-refractivity contribution in [2.24, 2.45) is 0 Å². The summed E-state index contributed by atoms with van der Waals surface area (Å²) in [5.74, 6) is 2.13. The van der Waals surface area contributed by atoms with Gasteiger partial charge in [0.25, 0.3) is 0 Å². The van der Waals surface area contributed by atoms with Gasteiger partial charge in [-0.2, -0.15) is 0 Å². The van der Waals surface area contributed by atoms with Gasteiger partial charge < -0.3 is 4.90 Å². The van der Waals surface area contributed by atoms with E-state index in [2.05, 4.69) is 19.2 Å². The standard InChI is InChI=1S/C10H20N2OS/c1-3-5-6-12(4-2)10(13)9-7-14-8-11-9/h9,11H,3-8H2,1-2H3. The molecule has 1 aliphatic heterocycles. The van der Waals surface area contributed by atoms with Crippen LogP contribution in [-0.4, -0.2) is 41.6 Å². The Bertz CT molecular complexity index is 181. The van der Waals surface area contributed by atoms with Crippen LogP contribution in [0.3, 0.4) is 0 Å². The van der Waals surface area contributed by atoms with Crippen LogP contribution in [0, 0.1) is 0 Å². The molecule has 0 radical (unpaired) electrons. The first-order valence-corrected chi connectivity index (χ1v) is 6.55. The lowest BCUT2D eigenvalue weighted by Gasteiger charge is -2.23. The molecule has 14 heavy (non-hydrogen) atoms. The summed E-state index contributed by atoms with van der Waals surface area (Å²) in [7, 11) is 0. The van der Waals surface area contributed by atoms with Crippen LogP contribution in [0.1, 0.15) is 26.7 Å². The van der Waals surface area contributed by atoms with Gasteiger partial charge in [-0.25, -0.2) is 0 Å². The molecule has 1 heterocycles. The molecule has 1 atom stereocenters. The summed E-state index contributed by atoms with van der Waals surface area (Å²) in [6.07, 6.45) is 2.26.